The van der Waals surface area contributed by atoms with Gasteiger partial charge in [-0.1, -0.05) is 12.1 Å². The van der Waals surface area contributed by atoms with Gasteiger partial charge in [0.25, 0.3) is 0 Å². The Kier molecular flexibility index (Phi) is 5.08. The largest absolute Gasteiger partial charge is 0.573 e. The number of halogens is 3. The Morgan fingerprint density at radius 2 is 1.50 bits per heavy atom. The number of hydrogen-bond donors (Lipinski definition) is 2. The molecule has 1 atom stereocenters. The number of benzene rings is 2. The van der Waals surface area contributed by atoms with Crippen LogP contribution < -0.4 is 19.9 Å². The topological polar surface area (TPSA) is 73.9 Å². The minimum atomic E-state index is -4.76. The van der Waals surface area contributed by atoms with E-state index in [0.29, 0.717) is 22.6 Å². The van der Waals surface area contributed by atoms with Crippen LogP contribution in [0.15, 0.2) is 36.4 Å². The third-order valence-corrected chi connectivity index (χ3v) is 3.31. The number of ether oxygens (including phenoxy) is 3. The van der Waals surface area contributed by atoms with Crippen LogP contribution in [0, 0.1) is 0 Å². The number of aromatic hydroxyl groups is 1. The molecule has 0 aromatic heterocycles. The van der Waals surface area contributed by atoms with Gasteiger partial charge in [-0.3, -0.25) is 0 Å². The van der Waals surface area contributed by atoms with Gasteiger partial charge in [-0.25, -0.2) is 0 Å². The molecule has 130 valence electrons. The summed E-state index contributed by atoms with van der Waals surface area (Å²) in [5, 5.41) is 9.65. The van der Waals surface area contributed by atoms with Gasteiger partial charge in [0.05, 0.1) is 25.8 Å². The van der Waals surface area contributed by atoms with Crippen molar-refractivity contribution in [3.8, 4) is 23.0 Å². The Balaban J connectivity index is 2.37. The SMILES string of the molecule is COc1cc(O)cc(OC)c1[C@@H](N)c1ccc(OC(F)(F)F)cc1. The normalized spacial score (nSPS) is 12.6. The molecule has 0 spiro atoms. The van der Waals surface area contributed by atoms with Gasteiger partial charge >= 0.3 is 6.36 Å². The van der Waals surface area contributed by atoms with E-state index in [1.807, 2.05) is 0 Å². The first-order valence-electron chi connectivity index (χ1n) is 6.81. The van der Waals surface area contributed by atoms with Gasteiger partial charge in [-0.05, 0) is 17.7 Å². The fourth-order valence-corrected chi connectivity index (χ4v) is 2.28. The fourth-order valence-electron chi connectivity index (χ4n) is 2.28. The zero-order valence-electron chi connectivity index (χ0n) is 12.9. The summed E-state index contributed by atoms with van der Waals surface area (Å²) >= 11 is 0. The maximum atomic E-state index is 12.2. The van der Waals surface area contributed by atoms with Gasteiger partial charge in [0, 0.05) is 12.1 Å². The first-order valence-corrected chi connectivity index (χ1v) is 6.81. The molecular weight excluding hydrogens is 327 g/mol. The molecule has 0 fully saturated rings. The highest BCUT2D eigenvalue weighted by Crippen LogP contribution is 2.39. The number of phenolic OH excluding ortho intramolecular Hbond substituents is 1. The molecule has 0 amide bonds. The third-order valence-electron chi connectivity index (χ3n) is 3.31. The Morgan fingerprint density at radius 1 is 1.00 bits per heavy atom. The molecule has 5 nitrogen and oxygen atoms in total. The van der Waals surface area contributed by atoms with Crippen molar-refractivity contribution < 1.29 is 32.5 Å². The zero-order valence-corrected chi connectivity index (χ0v) is 12.9. The van der Waals surface area contributed by atoms with Crippen molar-refractivity contribution in [2.45, 2.75) is 12.4 Å². The molecule has 0 saturated carbocycles. The first kappa shape index (κ1) is 17.7. The maximum Gasteiger partial charge on any atom is 0.573 e. The van der Waals surface area contributed by atoms with Crippen LogP contribution in [0.4, 0.5) is 13.2 Å². The predicted molar refractivity (Wildman–Crippen MR) is 80.4 cm³/mol. The highest BCUT2D eigenvalue weighted by molar-refractivity contribution is 5.54. The number of nitrogens with two attached hydrogens (primary N) is 1. The second kappa shape index (κ2) is 6.88. The van der Waals surface area contributed by atoms with Crippen LogP contribution in [0.5, 0.6) is 23.0 Å². The van der Waals surface area contributed by atoms with Crippen molar-refractivity contribution in [2.75, 3.05) is 14.2 Å². The number of rotatable bonds is 5. The summed E-state index contributed by atoms with van der Waals surface area (Å²) in [4.78, 5) is 0. The molecule has 0 unspecified atom stereocenters. The minimum Gasteiger partial charge on any atom is -0.508 e. The lowest BCUT2D eigenvalue weighted by Crippen LogP contribution is -2.17. The summed E-state index contributed by atoms with van der Waals surface area (Å²) in [5.41, 5.74) is 7.17. The van der Waals surface area contributed by atoms with E-state index >= 15 is 0 Å². The molecule has 0 saturated heterocycles. The van der Waals surface area contributed by atoms with Crippen LogP contribution in [0.3, 0.4) is 0 Å². The Hall–Kier alpha value is -2.61. The van der Waals surface area contributed by atoms with Crippen LogP contribution >= 0.6 is 0 Å². The molecule has 3 N–H and O–H groups in total. The zero-order chi connectivity index (χ0) is 17.9. The van der Waals surface area contributed by atoms with E-state index in [9.17, 15) is 18.3 Å². The van der Waals surface area contributed by atoms with Gasteiger partial charge in [0.15, 0.2) is 0 Å². The number of alkyl halides is 3. The van der Waals surface area contributed by atoms with Crippen LogP contribution in [0.2, 0.25) is 0 Å². The average Bonchev–Trinajstić information content (AvgIpc) is 2.52. The van der Waals surface area contributed by atoms with E-state index in [0.717, 1.165) is 0 Å². The summed E-state index contributed by atoms with van der Waals surface area (Å²) in [7, 11) is 2.81. The Morgan fingerprint density at radius 3 is 1.92 bits per heavy atom. The Bertz CT molecular complexity index is 676. The van der Waals surface area contributed by atoms with Crippen molar-refractivity contribution in [3.05, 3.63) is 47.5 Å². The van der Waals surface area contributed by atoms with Gasteiger partial charge in [0.2, 0.25) is 0 Å². The van der Waals surface area contributed by atoms with Crippen molar-refractivity contribution in [3.63, 3.8) is 0 Å². The summed E-state index contributed by atoms with van der Waals surface area (Å²) in [6.45, 7) is 0. The molecule has 0 aliphatic carbocycles. The fraction of sp³-hybridized carbons (Fsp3) is 0.250. The summed E-state index contributed by atoms with van der Waals surface area (Å²) in [6, 6.07) is 7.17. The van der Waals surface area contributed by atoms with Gasteiger partial charge in [-0.15, -0.1) is 13.2 Å². The molecule has 0 heterocycles. The van der Waals surface area contributed by atoms with Crippen LogP contribution in [-0.4, -0.2) is 25.7 Å². The van der Waals surface area contributed by atoms with Crippen molar-refractivity contribution >= 4 is 0 Å². The highest BCUT2D eigenvalue weighted by atomic mass is 19.4. The molecular formula is C16H16F3NO4. The van der Waals surface area contributed by atoms with E-state index in [-0.39, 0.29) is 11.5 Å². The van der Waals surface area contributed by atoms with E-state index in [2.05, 4.69) is 4.74 Å². The van der Waals surface area contributed by atoms with Crippen LogP contribution in [0.25, 0.3) is 0 Å². The number of phenols is 1. The molecule has 0 bridgehead atoms. The molecule has 0 aliphatic rings. The second-order valence-electron chi connectivity index (χ2n) is 4.86. The molecule has 8 heteroatoms. The summed E-state index contributed by atoms with van der Waals surface area (Å²) in [6.07, 6.45) is -4.76. The molecule has 2 rings (SSSR count). The van der Waals surface area contributed by atoms with Crippen LogP contribution in [-0.2, 0) is 0 Å². The monoisotopic (exact) mass is 343 g/mol. The van der Waals surface area contributed by atoms with E-state index in [1.165, 1.54) is 50.6 Å². The van der Waals surface area contributed by atoms with E-state index in [4.69, 9.17) is 15.2 Å². The van der Waals surface area contributed by atoms with E-state index < -0.39 is 12.4 Å². The van der Waals surface area contributed by atoms with Crippen molar-refractivity contribution in [1.29, 1.82) is 0 Å². The van der Waals surface area contributed by atoms with Gasteiger partial charge in [-0.2, -0.15) is 0 Å². The number of methoxy groups -OCH3 is 2. The molecule has 2 aromatic carbocycles. The first-order chi connectivity index (χ1) is 11.2. The highest BCUT2D eigenvalue weighted by Gasteiger charge is 2.31. The Labute approximate surface area is 136 Å². The summed E-state index contributed by atoms with van der Waals surface area (Å²) < 4.78 is 50.8. The van der Waals surface area contributed by atoms with Crippen LogP contribution in [0.1, 0.15) is 17.2 Å². The molecule has 0 aliphatic heterocycles. The maximum absolute atomic E-state index is 12.2. The second-order valence-corrected chi connectivity index (χ2v) is 4.86. The molecule has 24 heavy (non-hydrogen) atoms. The molecule has 0 radical (unpaired) electrons. The summed E-state index contributed by atoms with van der Waals surface area (Å²) in [5.74, 6) is 0.196. The lowest BCUT2D eigenvalue weighted by Gasteiger charge is -2.20. The quantitative estimate of drug-likeness (QED) is 0.871. The van der Waals surface area contributed by atoms with E-state index in [1.54, 1.807) is 0 Å². The van der Waals surface area contributed by atoms with Crippen molar-refractivity contribution in [1.82, 2.24) is 0 Å². The predicted octanol–water partition coefficient (Wildman–Crippen LogP) is 3.36. The number of hydrogen-bond acceptors (Lipinski definition) is 5. The average molecular weight is 343 g/mol. The smallest absolute Gasteiger partial charge is 0.508 e. The standard InChI is InChI=1S/C16H16F3NO4/c1-22-12-7-10(21)8-13(23-2)14(12)15(20)9-3-5-11(6-4-9)24-16(17,18)19/h3-8,15,21H,20H2,1-2H3/t15-/m0/s1. The van der Waals surface area contributed by atoms with Gasteiger partial charge in [0.1, 0.15) is 23.0 Å². The van der Waals surface area contributed by atoms with Gasteiger partial charge < -0.3 is 25.1 Å². The lowest BCUT2D eigenvalue weighted by atomic mass is 9.97. The minimum absolute atomic E-state index is 0.0615. The third kappa shape index (κ3) is 4.02. The van der Waals surface area contributed by atoms with Crippen molar-refractivity contribution in [2.24, 2.45) is 5.73 Å². The lowest BCUT2D eigenvalue weighted by molar-refractivity contribution is -0.274. The molecule has 2 aromatic rings.